The van der Waals surface area contributed by atoms with E-state index in [0.717, 1.165) is 6.33 Å². The minimum Gasteiger partial charge on any atom is -0.471 e. The second-order valence-corrected chi connectivity index (χ2v) is 8.54. The molecule has 1 amide bonds. The molecule has 9 nitrogen and oxygen atoms in total. The van der Waals surface area contributed by atoms with Crippen molar-refractivity contribution in [3.05, 3.63) is 40.9 Å². The molecule has 2 unspecified atom stereocenters. The van der Waals surface area contributed by atoms with Crippen LogP contribution in [-0.4, -0.2) is 59.5 Å². The van der Waals surface area contributed by atoms with Crippen molar-refractivity contribution in [1.29, 1.82) is 5.26 Å². The fraction of sp³-hybridized carbons (Fsp3) is 0.455. The lowest BCUT2D eigenvalue weighted by atomic mass is 9.84. The van der Waals surface area contributed by atoms with Crippen molar-refractivity contribution in [2.24, 2.45) is 11.8 Å². The van der Waals surface area contributed by atoms with E-state index in [1.54, 1.807) is 18.7 Å². The van der Waals surface area contributed by atoms with Crippen molar-refractivity contribution in [1.82, 2.24) is 14.9 Å². The summed E-state index contributed by atoms with van der Waals surface area (Å²) in [6.45, 7) is 5.04. The molecule has 11 heteroatoms. The van der Waals surface area contributed by atoms with Crippen LogP contribution in [0.3, 0.4) is 0 Å². The number of nitriles is 1. The third-order valence-corrected chi connectivity index (χ3v) is 5.63. The van der Waals surface area contributed by atoms with Gasteiger partial charge in [-0.2, -0.15) is 19.6 Å². The number of carbonyl (C=O) groups is 1. The molecule has 1 aromatic carbocycles. The van der Waals surface area contributed by atoms with Gasteiger partial charge in [0.25, 0.3) is 11.8 Å². The molecule has 2 aliphatic rings. The summed E-state index contributed by atoms with van der Waals surface area (Å²) in [5, 5.41) is 9.09. The number of aromatic nitrogens is 2. The standard InChI is InChI=1S/C22H22ClFN4O5/c1-12(2)31-22(29)28-7-14-9-30-10-15(8-28)19(14)33-21-18(24)20(26-11-27-21)32-17-4-3-13(6-25)5-16(17)23/h3-5,11-12,14-15,19H,7-10H2,1-2H3. The van der Waals surface area contributed by atoms with Crippen molar-refractivity contribution in [3.8, 4) is 23.6 Å². The Morgan fingerprint density at radius 3 is 2.61 bits per heavy atom. The van der Waals surface area contributed by atoms with E-state index in [2.05, 4.69) is 9.97 Å². The van der Waals surface area contributed by atoms with E-state index in [-0.39, 0.29) is 46.6 Å². The van der Waals surface area contributed by atoms with Crippen LogP contribution in [0.15, 0.2) is 24.5 Å². The van der Waals surface area contributed by atoms with Gasteiger partial charge in [-0.3, -0.25) is 0 Å². The Morgan fingerprint density at radius 2 is 1.97 bits per heavy atom. The van der Waals surface area contributed by atoms with Gasteiger partial charge in [-0.25, -0.2) is 4.79 Å². The van der Waals surface area contributed by atoms with E-state index >= 15 is 4.39 Å². The molecule has 0 spiro atoms. The topological polar surface area (TPSA) is 107 Å². The van der Waals surface area contributed by atoms with Gasteiger partial charge in [0.1, 0.15) is 18.2 Å². The fourth-order valence-corrected chi connectivity index (χ4v) is 4.11. The first kappa shape index (κ1) is 23.0. The van der Waals surface area contributed by atoms with Crippen LogP contribution in [0, 0.1) is 29.0 Å². The van der Waals surface area contributed by atoms with Crippen LogP contribution in [0.25, 0.3) is 0 Å². The van der Waals surface area contributed by atoms with Crippen molar-refractivity contribution >= 4 is 17.7 Å². The molecule has 33 heavy (non-hydrogen) atoms. The Labute approximate surface area is 195 Å². The number of fused-ring (bicyclic) bond motifs is 2. The summed E-state index contributed by atoms with van der Waals surface area (Å²) in [7, 11) is 0. The van der Waals surface area contributed by atoms with Crippen molar-refractivity contribution in [2.75, 3.05) is 26.3 Å². The number of nitrogens with zero attached hydrogens (tertiary/aromatic N) is 4. The lowest BCUT2D eigenvalue weighted by Gasteiger charge is -2.45. The molecule has 174 valence electrons. The zero-order valence-corrected chi connectivity index (χ0v) is 18.8. The number of carbonyl (C=O) groups excluding carboxylic acids is 1. The molecule has 2 bridgehead atoms. The third-order valence-electron chi connectivity index (χ3n) is 5.34. The fourth-order valence-electron chi connectivity index (χ4n) is 3.90. The van der Waals surface area contributed by atoms with E-state index in [9.17, 15) is 4.79 Å². The largest absolute Gasteiger partial charge is 0.471 e. The molecule has 2 saturated heterocycles. The van der Waals surface area contributed by atoms with Crippen LogP contribution in [0.2, 0.25) is 5.02 Å². The number of halogens is 2. The molecular formula is C22H22ClFN4O5. The van der Waals surface area contributed by atoms with E-state index in [1.165, 1.54) is 18.2 Å². The first-order valence-corrected chi connectivity index (χ1v) is 10.8. The Bertz CT molecular complexity index is 1070. The van der Waals surface area contributed by atoms with Gasteiger partial charge in [-0.15, -0.1) is 0 Å². The molecule has 2 fully saturated rings. The Morgan fingerprint density at radius 1 is 1.27 bits per heavy atom. The quantitative estimate of drug-likeness (QED) is 0.641. The van der Waals surface area contributed by atoms with Crippen molar-refractivity contribution in [3.63, 3.8) is 0 Å². The third kappa shape index (κ3) is 5.10. The minimum atomic E-state index is -0.876. The van der Waals surface area contributed by atoms with Crippen LogP contribution in [-0.2, 0) is 9.47 Å². The monoisotopic (exact) mass is 476 g/mol. The molecule has 2 aromatic rings. The van der Waals surface area contributed by atoms with E-state index < -0.39 is 11.9 Å². The highest BCUT2D eigenvalue weighted by Gasteiger charge is 2.44. The lowest BCUT2D eigenvalue weighted by Crippen LogP contribution is -2.59. The zero-order chi connectivity index (χ0) is 23.5. The van der Waals surface area contributed by atoms with Crippen LogP contribution < -0.4 is 9.47 Å². The molecule has 3 heterocycles. The van der Waals surface area contributed by atoms with Crippen LogP contribution in [0.4, 0.5) is 9.18 Å². The van der Waals surface area contributed by atoms with Crippen LogP contribution in [0.1, 0.15) is 19.4 Å². The number of piperidine rings is 1. The van der Waals surface area contributed by atoms with E-state index in [0.29, 0.717) is 31.9 Å². The second kappa shape index (κ2) is 9.77. The average molecular weight is 477 g/mol. The Hall–Kier alpha value is -3.16. The molecule has 0 radical (unpaired) electrons. The molecule has 4 rings (SSSR count). The molecule has 1 aromatic heterocycles. The highest BCUT2D eigenvalue weighted by atomic mass is 35.5. The maximum absolute atomic E-state index is 15.1. The second-order valence-electron chi connectivity index (χ2n) is 8.13. The zero-order valence-electron chi connectivity index (χ0n) is 18.0. The summed E-state index contributed by atoms with van der Waals surface area (Å²) in [5.74, 6) is -1.70. The first-order chi connectivity index (χ1) is 15.9. The average Bonchev–Trinajstić information content (AvgIpc) is 2.76. The number of likely N-dealkylation sites (tertiary alicyclic amines) is 1. The Balaban J connectivity index is 1.49. The molecule has 2 atom stereocenters. The molecule has 0 aliphatic carbocycles. The summed E-state index contributed by atoms with van der Waals surface area (Å²) < 4.78 is 37.5. The van der Waals surface area contributed by atoms with Gasteiger partial charge in [-0.05, 0) is 32.0 Å². The first-order valence-electron chi connectivity index (χ1n) is 10.4. The maximum atomic E-state index is 15.1. The van der Waals surface area contributed by atoms with Crippen molar-refractivity contribution in [2.45, 2.75) is 26.1 Å². The van der Waals surface area contributed by atoms with Gasteiger partial charge in [-0.1, -0.05) is 11.6 Å². The molecule has 2 aliphatic heterocycles. The van der Waals surface area contributed by atoms with Crippen molar-refractivity contribution < 1.29 is 28.1 Å². The van der Waals surface area contributed by atoms with Gasteiger partial charge in [0.15, 0.2) is 0 Å². The number of rotatable bonds is 5. The summed E-state index contributed by atoms with van der Waals surface area (Å²) in [6.07, 6.45) is 0.119. The molecule has 0 saturated carbocycles. The summed E-state index contributed by atoms with van der Waals surface area (Å²) in [4.78, 5) is 21.8. The van der Waals surface area contributed by atoms with Crippen LogP contribution >= 0.6 is 11.6 Å². The smallest absolute Gasteiger partial charge is 0.410 e. The van der Waals surface area contributed by atoms with Gasteiger partial charge >= 0.3 is 6.09 Å². The number of amides is 1. The molecular weight excluding hydrogens is 455 g/mol. The summed E-state index contributed by atoms with van der Waals surface area (Å²) >= 11 is 6.11. The highest BCUT2D eigenvalue weighted by Crippen LogP contribution is 2.35. The normalized spacial score (nSPS) is 21.9. The number of hydrogen-bond acceptors (Lipinski definition) is 8. The van der Waals surface area contributed by atoms with Gasteiger partial charge in [0.2, 0.25) is 5.82 Å². The maximum Gasteiger partial charge on any atom is 0.410 e. The number of benzene rings is 1. The van der Waals surface area contributed by atoms with E-state index in [4.69, 9.17) is 35.8 Å². The minimum absolute atomic E-state index is 0.140. The van der Waals surface area contributed by atoms with Gasteiger partial charge in [0.05, 0.1) is 36.0 Å². The molecule has 0 N–H and O–H groups in total. The summed E-state index contributed by atoms with van der Waals surface area (Å²) in [5.41, 5.74) is 0.344. The Kier molecular flexibility index (Phi) is 6.81. The highest BCUT2D eigenvalue weighted by molar-refractivity contribution is 6.32. The van der Waals surface area contributed by atoms with E-state index in [1.807, 2.05) is 6.07 Å². The predicted octanol–water partition coefficient (Wildman–Crippen LogP) is 3.80. The summed E-state index contributed by atoms with van der Waals surface area (Å²) in [6, 6.07) is 6.32. The lowest BCUT2D eigenvalue weighted by molar-refractivity contribution is -0.111. The van der Waals surface area contributed by atoms with Crippen LogP contribution in [0.5, 0.6) is 17.5 Å². The number of hydrogen-bond donors (Lipinski definition) is 0. The van der Waals surface area contributed by atoms with Gasteiger partial charge in [0, 0.05) is 24.9 Å². The predicted molar refractivity (Wildman–Crippen MR) is 114 cm³/mol. The number of ether oxygens (including phenoxy) is 4. The SMILES string of the molecule is CC(C)OC(=O)N1CC2COCC(C1)C2Oc1ncnc(Oc2ccc(C#N)cc2Cl)c1F. The van der Waals surface area contributed by atoms with Gasteiger partial charge < -0.3 is 23.8 Å².